The molecule has 2 N–H and O–H groups in total. The predicted octanol–water partition coefficient (Wildman–Crippen LogP) is -0.0237. The van der Waals surface area contributed by atoms with Crippen LogP contribution in [0.5, 0.6) is 0 Å². The minimum absolute atomic E-state index is 0.0882. The Hall–Kier alpha value is -2.35. The van der Waals surface area contributed by atoms with Gasteiger partial charge in [-0.3, -0.25) is 15.2 Å². The average molecular weight is 347 g/mol. The van der Waals surface area contributed by atoms with Gasteiger partial charge in [0.2, 0.25) is 0 Å². The topological polar surface area (TPSA) is 87.7 Å². The maximum Gasteiger partial charge on any atom is 0.258 e. The summed E-state index contributed by atoms with van der Waals surface area (Å²) in [6.45, 7) is 6.28. The van der Waals surface area contributed by atoms with Crippen LogP contribution in [-0.2, 0) is 4.79 Å². The van der Waals surface area contributed by atoms with Crippen LogP contribution in [0.15, 0.2) is 24.3 Å². The molecule has 0 bridgehead atoms. The lowest BCUT2D eigenvalue weighted by molar-refractivity contribution is -0.255. The van der Waals surface area contributed by atoms with Gasteiger partial charge in [0.05, 0.1) is 11.7 Å². The van der Waals surface area contributed by atoms with Crippen molar-refractivity contribution in [2.24, 2.45) is 0 Å². The highest BCUT2D eigenvalue weighted by Crippen LogP contribution is 2.37. The predicted molar refractivity (Wildman–Crippen MR) is 90.9 cm³/mol. The monoisotopic (exact) mass is 347 g/mol. The maximum absolute atomic E-state index is 12.1. The van der Waals surface area contributed by atoms with Crippen molar-refractivity contribution >= 4 is 34.9 Å². The first-order chi connectivity index (χ1) is 11.1. The number of hydrazine groups is 1. The van der Waals surface area contributed by atoms with Crippen LogP contribution in [0, 0.1) is 0 Å². The number of carbonyl (C=O) groups is 2. The van der Waals surface area contributed by atoms with Crippen LogP contribution in [0.25, 0.3) is 0 Å². The third kappa shape index (κ3) is 2.66. The molecule has 1 aromatic carbocycles. The smallest absolute Gasteiger partial charge is 0.258 e. The van der Waals surface area contributed by atoms with Gasteiger partial charge >= 0.3 is 0 Å². The summed E-state index contributed by atoms with van der Waals surface area (Å²) in [5.41, 5.74) is 2.84. The fourth-order valence-electron chi connectivity index (χ4n) is 3.51. The second kappa shape index (κ2) is 5.34. The second-order valence-electron chi connectivity index (χ2n) is 7.00. The Morgan fingerprint density at radius 3 is 2.46 bits per heavy atom. The third-order valence-corrected chi connectivity index (χ3v) is 4.75. The van der Waals surface area contributed by atoms with Crippen molar-refractivity contribution in [1.29, 1.82) is 0 Å². The van der Waals surface area contributed by atoms with Crippen molar-refractivity contribution < 1.29 is 14.7 Å². The van der Waals surface area contributed by atoms with Crippen LogP contribution in [0.4, 0.5) is 5.69 Å². The fraction of sp³-hybridized carbons (Fsp3) is 0.438. The van der Waals surface area contributed by atoms with E-state index in [0.29, 0.717) is 17.2 Å². The van der Waals surface area contributed by atoms with Gasteiger partial charge < -0.3 is 20.1 Å². The highest BCUT2D eigenvalue weighted by molar-refractivity contribution is 7.80. The minimum atomic E-state index is -1.23. The average Bonchev–Trinajstić information content (AvgIpc) is 2.47. The van der Waals surface area contributed by atoms with Crippen molar-refractivity contribution in [3.05, 3.63) is 29.8 Å². The molecule has 7 nitrogen and oxygen atoms in total. The van der Waals surface area contributed by atoms with Gasteiger partial charge in [-0.15, -0.1) is 0 Å². The Balaban J connectivity index is 2.02. The van der Waals surface area contributed by atoms with Gasteiger partial charge in [-0.25, -0.2) is 0 Å². The summed E-state index contributed by atoms with van der Waals surface area (Å²) in [6.07, 6.45) is 0.697. The van der Waals surface area contributed by atoms with Crippen LogP contribution >= 0.6 is 12.2 Å². The van der Waals surface area contributed by atoms with E-state index in [1.54, 1.807) is 17.1 Å². The zero-order valence-corrected chi connectivity index (χ0v) is 14.6. The Labute approximate surface area is 145 Å². The number of nitrogens with one attached hydrogen (secondary N) is 2. The Morgan fingerprint density at radius 1 is 1.25 bits per heavy atom. The van der Waals surface area contributed by atoms with E-state index in [9.17, 15) is 14.7 Å². The number of benzene rings is 1. The van der Waals surface area contributed by atoms with Gasteiger partial charge in [-0.2, -0.15) is 0 Å². The van der Waals surface area contributed by atoms with E-state index in [1.807, 2.05) is 11.8 Å². The quantitative estimate of drug-likeness (QED) is 0.727. The summed E-state index contributed by atoms with van der Waals surface area (Å²) in [6, 6.07) is 6.23. The largest absolute Gasteiger partial charge is 0.545 e. The molecule has 1 aromatic rings. The number of aromatic carboxylic acids is 1. The molecule has 3 rings (SSSR count). The lowest BCUT2D eigenvalue weighted by Gasteiger charge is -2.59. The van der Waals surface area contributed by atoms with Crippen molar-refractivity contribution in [3.63, 3.8) is 0 Å². The molecule has 2 saturated heterocycles. The van der Waals surface area contributed by atoms with E-state index >= 15 is 0 Å². The summed E-state index contributed by atoms with van der Waals surface area (Å²) in [5, 5.41) is 16.5. The summed E-state index contributed by atoms with van der Waals surface area (Å²) >= 11 is 5.46. The minimum Gasteiger partial charge on any atom is -0.545 e. The van der Waals surface area contributed by atoms with Crippen molar-refractivity contribution in [1.82, 2.24) is 15.6 Å². The zero-order valence-electron chi connectivity index (χ0n) is 13.8. The van der Waals surface area contributed by atoms with E-state index in [1.165, 1.54) is 12.1 Å². The normalized spacial score (nSPS) is 25.6. The number of carboxylic acids is 1. The lowest BCUT2D eigenvalue weighted by atomic mass is 9.86. The molecule has 2 aliphatic heterocycles. The van der Waals surface area contributed by atoms with Gasteiger partial charge in [0.15, 0.2) is 5.11 Å². The van der Waals surface area contributed by atoms with Crippen LogP contribution in [0.3, 0.4) is 0 Å². The summed E-state index contributed by atoms with van der Waals surface area (Å²) < 4.78 is 0. The van der Waals surface area contributed by atoms with Crippen LogP contribution < -0.4 is 20.9 Å². The Bertz CT molecular complexity index is 719. The van der Waals surface area contributed by atoms with Gasteiger partial charge in [-0.05, 0) is 50.7 Å². The Morgan fingerprint density at radius 2 is 1.88 bits per heavy atom. The summed E-state index contributed by atoms with van der Waals surface area (Å²) in [7, 11) is 0. The highest BCUT2D eigenvalue weighted by atomic mass is 32.1. The molecule has 0 radical (unpaired) electrons. The van der Waals surface area contributed by atoms with E-state index in [4.69, 9.17) is 12.2 Å². The number of hydrogen-bond donors (Lipinski definition) is 2. The van der Waals surface area contributed by atoms with E-state index in [-0.39, 0.29) is 23.6 Å². The number of hydrogen-bond acceptors (Lipinski definition) is 5. The number of rotatable bonds is 2. The van der Waals surface area contributed by atoms with Crippen LogP contribution in [0.2, 0.25) is 0 Å². The van der Waals surface area contributed by atoms with Gasteiger partial charge in [0.25, 0.3) is 5.91 Å². The molecule has 24 heavy (non-hydrogen) atoms. The molecular weight excluding hydrogens is 328 g/mol. The molecule has 2 aliphatic rings. The number of amides is 1. The molecule has 0 unspecified atom stereocenters. The van der Waals surface area contributed by atoms with Crippen molar-refractivity contribution in [2.45, 2.75) is 38.4 Å². The molecular formula is C16H19N4O3S-. The SMILES string of the molecule is CC1(C)C[C@]2(C)N(CC(=O)NN2c2ccc(C(=O)[O-])cc2)C(=S)N1. The summed E-state index contributed by atoms with van der Waals surface area (Å²) in [5.74, 6) is -1.42. The number of thiocarbonyl (C=S) groups is 1. The number of carboxylic acid groups (broad SMARTS) is 1. The van der Waals surface area contributed by atoms with Gasteiger partial charge in [0.1, 0.15) is 12.2 Å². The number of anilines is 1. The molecule has 0 spiro atoms. The van der Waals surface area contributed by atoms with Gasteiger partial charge in [-0.1, -0.05) is 12.1 Å². The molecule has 0 aromatic heterocycles. The number of nitrogens with zero attached hydrogens (tertiary/aromatic N) is 2. The molecule has 8 heteroatoms. The highest BCUT2D eigenvalue weighted by Gasteiger charge is 2.51. The molecule has 1 amide bonds. The number of fused-ring (bicyclic) bond motifs is 1. The standard InChI is InChI=1S/C16H20N4O3S/c1-15(2)9-16(3)19(14(24)17-15)8-12(21)18-20(16)11-6-4-10(5-7-11)13(22)23/h4-7H,8-9H2,1-3H3,(H,17,24)(H,18,21)(H,22,23)/p-1/t16-/m1/s1. The summed E-state index contributed by atoms with van der Waals surface area (Å²) in [4.78, 5) is 24.9. The van der Waals surface area contributed by atoms with Gasteiger partial charge in [0, 0.05) is 12.0 Å². The van der Waals surface area contributed by atoms with E-state index in [2.05, 4.69) is 24.6 Å². The molecule has 2 heterocycles. The van der Waals surface area contributed by atoms with E-state index < -0.39 is 11.6 Å². The number of carbonyl (C=O) groups excluding carboxylic acids is 2. The Kier molecular flexibility index (Phi) is 3.67. The first-order valence-electron chi connectivity index (χ1n) is 7.63. The fourth-order valence-corrected chi connectivity index (χ4v) is 4.05. The van der Waals surface area contributed by atoms with Crippen molar-refractivity contribution in [2.75, 3.05) is 11.6 Å². The van der Waals surface area contributed by atoms with Crippen molar-refractivity contribution in [3.8, 4) is 0 Å². The lowest BCUT2D eigenvalue weighted by Crippen LogP contribution is -2.79. The zero-order chi connectivity index (χ0) is 17.7. The molecule has 2 fully saturated rings. The molecule has 0 aliphatic carbocycles. The first kappa shape index (κ1) is 16.5. The van der Waals surface area contributed by atoms with Crippen LogP contribution in [0.1, 0.15) is 37.6 Å². The van der Waals surface area contributed by atoms with E-state index in [0.717, 1.165) is 0 Å². The molecule has 0 saturated carbocycles. The molecule has 1 atom stereocenters. The molecule has 128 valence electrons. The first-order valence-corrected chi connectivity index (χ1v) is 8.04. The maximum atomic E-state index is 12.1. The van der Waals surface area contributed by atoms with Crippen LogP contribution in [-0.4, -0.2) is 39.6 Å². The second-order valence-corrected chi connectivity index (χ2v) is 7.39. The third-order valence-electron chi connectivity index (χ3n) is 4.43.